The van der Waals surface area contributed by atoms with Gasteiger partial charge < -0.3 is 0 Å². The average Bonchev–Trinajstić information content (AvgIpc) is 2.48. The molecule has 1 aliphatic rings. The van der Waals surface area contributed by atoms with Crippen molar-refractivity contribution in [3.05, 3.63) is 35.4 Å². The predicted octanol–water partition coefficient (Wildman–Crippen LogP) is 5.41. The van der Waals surface area contributed by atoms with Crippen LogP contribution >= 0.6 is 0 Å². The fourth-order valence-electron chi connectivity index (χ4n) is 3.24. The van der Waals surface area contributed by atoms with Crippen molar-refractivity contribution in [1.82, 2.24) is 0 Å². The molecule has 1 fully saturated rings. The molecule has 1 unspecified atom stereocenters. The van der Waals surface area contributed by atoms with Crippen LogP contribution < -0.4 is 0 Å². The van der Waals surface area contributed by atoms with E-state index in [0.717, 1.165) is 11.5 Å². The Hall–Kier alpha value is -1.29. The molecule has 1 heteroatoms. The van der Waals surface area contributed by atoms with Crippen LogP contribution in [0.5, 0.6) is 0 Å². The highest BCUT2D eigenvalue weighted by Gasteiger charge is 2.13. The molecule has 1 nitrogen and oxygen atoms in total. The lowest BCUT2D eigenvalue weighted by Gasteiger charge is -2.22. The van der Waals surface area contributed by atoms with E-state index in [9.17, 15) is 0 Å². The summed E-state index contributed by atoms with van der Waals surface area (Å²) in [4.78, 5) is 0. The number of hydrogen-bond acceptors (Lipinski definition) is 1. The molecule has 1 aliphatic carbocycles. The van der Waals surface area contributed by atoms with Gasteiger partial charge in [-0.15, -0.1) is 0 Å². The van der Waals surface area contributed by atoms with E-state index in [4.69, 9.17) is 5.26 Å². The Morgan fingerprint density at radius 1 is 1.16 bits per heavy atom. The molecule has 0 saturated heterocycles. The van der Waals surface area contributed by atoms with Gasteiger partial charge in [-0.05, 0) is 36.0 Å². The van der Waals surface area contributed by atoms with Crippen LogP contribution in [0.15, 0.2) is 24.3 Å². The Balaban J connectivity index is 1.73. The van der Waals surface area contributed by atoms with Crippen LogP contribution in [0.25, 0.3) is 0 Å². The van der Waals surface area contributed by atoms with E-state index >= 15 is 0 Å². The van der Waals surface area contributed by atoms with Gasteiger partial charge in [0.2, 0.25) is 0 Å². The Labute approximate surface area is 117 Å². The molecule has 0 radical (unpaired) electrons. The topological polar surface area (TPSA) is 23.8 Å². The molecule has 0 N–H and O–H groups in total. The first-order chi connectivity index (χ1) is 9.29. The lowest BCUT2D eigenvalue weighted by atomic mass is 9.84. The maximum absolute atomic E-state index is 8.80. The van der Waals surface area contributed by atoms with Crippen LogP contribution in [0.3, 0.4) is 0 Å². The summed E-state index contributed by atoms with van der Waals surface area (Å²) in [6.45, 7) is 2.31. The van der Waals surface area contributed by atoms with E-state index < -0.39 is 0 Å². The summed E-state index contributed by atoms with van der Waals surface area (Å²) in [5, 5.41) is 8.80. The van der Waals surface area contributed by atoms with Crippen LogP contribution in [0, 0.1) is 17.2 Å². The molecule has 0 aromatic heterocycles. The third-order valence-electron chi connectivity index (χ3n) is 4.58. The van der Waals surface area contributed by atoms with Crippen LogP contribution in [0.4, 0.5) is 0 Å². The molecule has 0 bridgehead atoms. The van der Waals surface area contributed by atoms with Gasteiger partial charge in [0.25, 0.3) is 0 Å². The number of rotatable bonds is 5. The van der Waals surface area contributed by atoms with Crippen LogP contribution in [-0.2, 0) is 0 Å². The van der Waals surface area contributed by atoms with Gasteiger partial charge in [0, 0.05) is 0 Å². The van der Waals surface area contributed by atoms with Gasteiger partial charge in [-0.2, -0.15) is 5.26 Å². The maximum atomic E-state index is 8.80. The van der Waals surface area contributed by atoms with Crippen molar-refractivity contribution in [3.8, 4) is 6.07 Å². The summed E-state index contributed by atoms with van der Waals surface area (Å²) < 4.78 is 0. The molecule has 0 heterocycles. The van der Waals surface area contributed by atoms with Crippen LogP contribution in [-0.4, -0.2) is 0 Å². The highest BCUT2D eigenvalue weighted by Crippen LogP contribution is 2.30. The zero-order valence-corrected chi connectivity index (χ0v) is 12.1. The molecule has 2 rings (SSSR count). The zero-order valence-electron chi connectivity index (χ0n) is 12.1. The summed E-state index contributed by atoms with van der Waals surface area (Å²) in [6, 6.07) is 10.3. The number of benzene rings is 1. The monoisotopic (exact) mass is 255 g/mol. The quantitative estimate of drug-likeness (QED) is 0.690. The normalized spacial score (nSPS) is 17.9. The van der Waals surface area contributed by atoms with Gasteiger partial charge in [0.1, 0.15) is 0 Å². The lowest BCUT2D eigenvalue weighted by molar-refractivity contribution is 0.327. The largest absolute Gasteiger partial charge is 0.192 e. The van der Waals surface area contributed by atoms with Crippen molar-refractivity contribution in [2.75, 3.05) is 0 Å². The molecular formula is C18H25N. The van der Waals surface area contributed by atoms with Gasteiger partial charge in [0.15, 0.2) is 0 Å². The summed E-state index contributed by atoms with van der Waals surface area (Å²) in [7, 11) is 0. The third kappa shape index (κ3) is 4.39. The highest BCUT2D eigenvalue weighted by atomic mass is 14.2. The summed E-state index contributed by atoms with van der Waals surface area (Å²) in [5.41, 5.74) is 2.14. The van der Waals surface area contributed by atoms with E-state index in [0.29, 0.717) is 5.92 Å². The highest BCUT2D eigenvalue weighted by molar-refractivity contribution is 5.32. The molecule has 1 aromatic rings. The van der Waals surface area contributed by atoms with E-state index in [-0.39, 0.29) is 0 Å². The average molecular weight is 255 g/mol. The minimum atomic E-state index is 0.622. The molecule has 0 aliphatic heterocycles. The maximum Gasteiger partial charge on any atom is 0.0991 e. The first kappa shape index (κ1) is 14.1. The van der Waals surface area contributed by atoms with Crippen LogP contribution in [0.2, 0.25) is 0 Å². The minimum Gasteiger partial charge on any atom is -0.192 e. The molecule has 102 valence electrons. The van der Waals surface area contributed by atoms with Gasteiger partial charge in [-0.1, -0.05) is 64.0 Å². The predicted molar refractivity (Wildman–Crippen MR) is 80.0 cm³/mol. The van der Waals surface area contributed by atoms with E-state index in [1.54, 1.807) is 0 Å². The van der Waals surface area contributed by atoms with Crippen LogP contribution in [0.1, 0.15) is 75.3 Å². The van der Waals surface area contributed by atoms with Gasteiger partial charge in [0.05, 0.1) is 11.6 Å². The SMILES string of the molecule is CC(CCCC1CCCCC1)c1ccc(C#N)cc1. The van der Waals surface area contributed by atoms with Gasteiger partial charge >= 0.3 is 0 Å². The standard InChI is InChI=1S/C18H25N/c1-15(18-12-10-17(14-19)11-13-18)6-5-9-16-7-3-2-4-8-16/h10-13,15-16H,2-9H2,1H3. The second-order valence-corrected chi connectivity index (χ2v) is 6.07. The van der Waals surface area contributed by atoms with E-state index in [2.05, 4.69) is 25.1 Å². The fraction of sp³-hybridized carbons (Fsp3) is 0.611. The number of nitriles is 1. The Morgan fingerprint density at radius 2 is 1.84 bits per heavy atom. The number of hydrogen-bond donors (Lipinski definition) is 0. The first-order valence-corrected chi connectivity index (χ1v) is 7.79. The zero-order chi connectivity index (χ0) is 13.5. The molecule has 0 spiro atoms. The van der Waals surface area contributed by atoms with Gasteiger partial charge in [-0.3, -0.25) is 0 Å². The molecular weight excluding hydrogens is 230 g/mol. The van der Waals surface area contributed by atoms with Crippen molar-refractivity contribution < 1.29 is 0 Å². The summed E-state index contributed by atoms with van der Waals surface area (Å²) in [6.07, 6.45) is 11.3. The minimum absolute atomic E-state index is 0.622. The number of nitrogens with zero attached hydrogens (tertiary/aromatic N) is 1. The molecule has 0 amide bonds. The molecule has 1 aromatic carbocycles. The second kappa shape index (κ2) is 7.34. The van der Waals surface area contributed by atoms with E-state index in [1.165, 1.54) is 56.9 Å². The van der Waals surface area contributed by atoms with Crippen molar-refractivity contribution in [2.45, 2.75) is 64.2 Å². The van der Waals surface area contributed by atoms with E-state index in [1.807, 2.05) is 12.1 Å². The van der Waals surface area contributed by atoms with Crippen molar-refractivity contribution in [3.63, 3.8) is 0 Å². The smallest absolute Gasteiger partial charge is 0.0991 e. The fourth-order valence-corrected chi connectivity index (χ4v) is 3.24. The van der Waals surface area contributed by atoms with Crippen molar-refractivity contribution in [1.29, 1.82) is 5.26 Å². The lowest BCUT2D eigenvalue weighted by Crippen LogP contribution is -2.06. The van der Waals surface area contributed by atoms with Gasteiger partial charge in [-0.25, -0.2) is 0 Å². The Morgan fingerprint density at radius 3 is 2.47 bits per heavy atom. The molecule has 1 saturated carbocycles. The molecule has 19 heavy (non-hydrogen) atoms. The summed E-state index contributed by atoms with van der Waals surface area (Å²) >= 11 is 0. The third-order valence-corrected chi connectivity index (χ3v) is 4.58. The van der Waals surface area contributed by atoms with Crippen molar-refractivity contribution in [2.24, 2.45) is 5.92 Å². The van der Waals surface area contributed by atoms with Crippen molar-refractivity contribution >= 4 is 0 Å². The summed E-state index contributed by atoms with van der Waals surface area (Å²) in [5.74, 6) is 1.62. The molecule has 1 atom stereocenters. The first-order valence-electron chi connectivity index (χ1n) is 7.79. The Bertz CT molecular complexity index is 406. The second-order valence-electron chi connectivity index (χ2n) is 6.07. The Kier molecular flexibility index (Phi) is 5.45.